The van der Waals surface area contributed by atoms with Crippen LogP contribution in [0.2, 0.25) is 0 Å². The third-order valence-corrected chi connectivity index (χ3v) is 5.90. The Morgan fingerprint density at radius 3 is 2.09 bits per heavy atom. The third kappa shape index (κ3) is 5.92. The van der Waals surface area contributed by atoms with Crippen molar-refractivity contribution in [1.82, 2.24) is 0 Å². The average molecular weight is 456 g/mol. The number of anilines is 1. The summed E-state index contributed by atoms with van der Waals surface area (Å²) in [6.07, 6.45) is 0.594. The summed E-state index contributed by atoms with van der Waals surface area (Å²) in [5.74, 6) is -1.52. The molecule has 7 nitrogen and oxygen atoms in total. The number of hydrogen-bond donors (Lipinski definition) is 1. The Balaban J connectivity index is 2.37. The number of carbonyl (C=O) groups excluding carboxylic acids is 3. The van der Waals surface area contributed by atoms with E-state index in [2.05, 4.69) is 0 Å². The molecule has 0 heterocycles. The van der Waals surface area contributed by atoms with Crippen LogP contribution in [0.3, 0.4) is 0 Å². The Kier molecular flexibility index (Phi) is 7.90. The van der Waals surface area contributed by atoms with Crippen LogP contribution in [-0.2, 0) is 14.3 Å². The average Bonchev–Trinajstić information content (AvgIpc) is 2.77. The van der Waals surface area contributed by atoms with Crippen LogP contribution in [0.1, 0.15) is 56.5 Å². The lowest BCUT2D eigenvalue weighted by atomic mass is 9.72. The zero-order chi connectivity index (χ0) is 25.0. The smallest absolute Gasteiger partial charge is 0.317 e. The molecule has 0 aliphatic carbocycles. The topological polar surface area (TPSA) is 93.1 Å². The molecule has 0 aromatic heterocycles. The molecular formula is C26H33NO6. The summed E-state index contributed by atoms with van der Waals surface area (Å²) in [4.78, 5) is 40.5. The predicted molar refractivity (Wildman–Crippen MR) is 127 cm³/mol. The van der Waals surface area contributed by atoms with Crippen LogP contribution in [-0.4, -0.2) is 44.0 Å². The van der Waals surface area contributed by atoms with Gasteiger partial charge in [0.25, 0.3) is 0 Å². The summed E-state index contributed by atoms with van der Waals surface area (Å²) in [6.45, 7) is 6.96. The van der Waals surface area contributed by atoms with Gasteiger partial charge in [-0.05, 0) is 70.0 Å². The number of methoxy groups -OCH3 is 1. The van der Waals surface area contributed by atoms with Gasteiger partial charge in [-0.1, -0.05) is 6.92 Å². The van der Waals surface area contributed by atoms with E-state index in [9.17, 15) is 19.5 Å². The van der Waals surface area contributed by atoms with Crippen LogP contribution in [0.25, 0.3) is 0 Å². The highest BCUT2D eigenvalue weighted by Gasteiger charge is 2.43. The van der Waals surface area contributed by atoms with Gasteiger partial charge in [-0.2, -0.15) is 0 Å². The first-order valence-electron chi connectivity index (χ1n) is 10.8. The van der Waals surface area contributed by atoms with Crippen molar-refractivity contribution in [2.24, 2.45) is 10.8 Å². The molecule has 0 spiro atoms. The largest absolute Gasteiger partial charge is 0.508 e. The maximum Gasteiger partial charge on any atom is 0.317 e. The number of phenols is 1. The maximum absolute atomic E-state index is 13.2. The third-order valence-electron chi connectivity index (χ3n) is 5.90. The molecule has 1 atom stereocenters. The monoisotopic (exact) mass is 455 g/mol. The minimum atomic E-state index is -1.02. The van der Waals surface area contributed by atoms with E-state index in [0.717, 1.165) is 5.69 Å². The minimum Gasteiger partial charge on any atom is -0.508 e. The lowest BCUT2D eigenvalue weighted by Gasteiger charge is -2.33. The first-order chi connectivity index (χ1) is 15.3. The molecule has 0 bridgehead atoms. The molecule has 0 radical (unpaired) electrons. The summed E-state index contributed by atoms with van der Waals surface area (Å²) in [5, 5.41) is 9.98. The highest BCUT2D eigenvalue weighted by Crippen LogP contribution is 2.39. The molecule has 2 rings (SSSR count). The summed E-state index contributed by atoms with van der Waals surface area (Å²) in [5.41, 5.74) is -0.407. The predicted octanol–water partition coefficient (Wildman–Crippen LogP) is 4.60. The van der Waals surface area contributed by atoms with Gasteiger partial charge in [-0.25, -0.2) is 0 Å². The second kappa shape index (κ2) is 10.1. The Hall–Kier alpha value is -3.35. The van der Waals surface area contributed by atoms with Crippen molar-refractivity contribution in [3.8, 4) is 11.5 Å². The minimum absolute atomic E-state index is 0.0303. The molecule has 0 amide bonds. The number of carbonyl (C=O) groups is 3. The lowest BCUT2D eigenvalue weighted by molar-refractivity contribution is -0.156. The standard InChI is InChI=1S/C26H33NO6/c1-8-26(4,16-25(2,3)23(30)32-7)24(31)33-21-15-19(28)13-14-20(21)22(29)17-9-11-18(12-10-17)27(5)6/h9-15,28H,8,16H2,1-7H3. The zero-order valence-electron chi connectivity index (χ0n) is 20.4. The van der Waals surface area contributed by atoms with Gasteiger partial charge in [-0.3, -0.25) is 14.4 Å². The fourth-order valence-electron chi connectivity index (χ4n) is 3.74. The summed E-state index contributed by atoms with van der Waals surface area (Å²) in [6, 6.07) is 11.1. The maximum atomic E-state index is 13.2. The number of nitrogens with zero attached hydrogens (tertiary/aromatic N) is 1. The second-order valence-corrected chi connectivity index (χ2v) is 9.31. The molecule has 0 fully saturated rings. The molecule has 0 aliphatic rings. The highest BCUT2D eigenvalue weighted by atomic mass is 16.5. The van der Waals surface area contributed by atoms with Crippen molar-refractivity contribution in [1.29, 1.82) is 0 Å². The molecule has 1 unspecified atom stereocenters. The summed E-state index contributed by atoms with van der Waals surface area (Å²) in [7, 11) is 5.11. The van der Waals surface area contributed by atoms with Crippen LogP contribution < -0.4 is 9.64 Å². The van der Waals surface area contributed by atoms with E-state index >= 15 is 0 Å². The van der Waals surface area contributed by atoms with Gasteiger partial charge >= 0.3 is 11.9 Å². The summed E-state index contributed by atoms with van der Waals surface area (Å²) < 4.78 is 10.5. The quantitative estimate of drug-likeness (QED) is 0.335. The molecule has 0 saturated heterocycles. The van der Waals surface area contributed by atoms with E-state index in [-0.39, 0.29) is 29.3 Å². The Morgan fingerprint density at radius 1 is 0.970 bits per heavy atom. The molecule has 7 heteroatoms. The molecule has 33 heavy (non-hydrogen) atoms. The second-order valence-electron chi connectivity index (χ2n) is 9.31. The van der Waals surface area contributed by atoms with Gasteiger partial charge in [0.05, 0.1) is 23.5 Å². The van der Waals surface area contributed by atoms with Gasteiger partial charge in [0.2, 0.25) is 0 Å². The van der Waals surface area contributed by atoms with Gasteiger partial charge < -0.3 is 19.5 Å². The SMILES string of the molecule is CCC(C)(CC(C)(C)C(=O)OC)C(=O)Oc1cc(O)ccc1C(=O)c1ccc(N(C)C)cc1. The number of hydrogen-bond acceptors (Lipinski definition) is 7. The molecule has 0 aliphatic heterocycles. The summed E-state index contributed by atoms with van der Waals surface area (Å²) >= 11 is 0. The van der Waals surface area contributed by atoms with E-state index in [0.29, 0.717) is 12.0 Å². The fourth-order valence-corrected chi connectivity index (χ4v) is 3.74. The van der Waals surface area contributed by atoms with Crippen molar-refractivity contribution >= 4 is 23.4 Å². The molecule has 2 aromatic carbocycles. The van der Waals surface area contributed by atoms with Gasteiger partial charge in [0, 0.05) is 31.4 Å². The van der Waals surface area contributed by atoms with Crippen LogP contribution in [0, 0.1) is 10.8 Å². The lowest BCUT2D eigenvalue weighted by Crippen LogP contribution is -2.39. The van der Waals surface area contributed by atoms with Gasteiger partial charge in [0.1, 0.15) is 11.5 Å². The number of esters is 2. The number of benzene rings is 2. The molecule has 1 N–H and O–H groups in total. The van der Waals surface area contributed by atoms with E-state index in [4.69, 9.17) is 9.47 Å². The molecule has 2 aromatic rings. The van der Waals surface area contributed by atoms with Crippen LogP contribution >= 0.6 is 0 Å². The zero-order valence-corrected chi connectivity index (χ0v) is 20.4. The number of phenolic OH excluding ortho intramolecular Hbond substituents is 1. The fraction of sp³-hybridized carbons (Fsp3) is 0.423. The number of ether oxygens (including phenoxy) is 2. The van der Waals surface area contributed by atoms with Crippen LogP contribution in [0.5, 0.6) is 11.5 Å². The van der Waals surface area contributed by atoms with Crippen molar-refractivity contribution in [2.45, 2.75) is 40.5 Å². The molecule has 178 valence electrons. The number of ketones is 1. The van der Waals surface area contributed by atoms with Crippen molar-refractivity contribution in [3.05, 3.63) is 53.6 Å². The normalized spacial score (nSPS) is 13.1. The van der Waals surface area contributed by atoms with Crippen molar-refractivity contribution in [2.75, 3.05) is 26.1 Å². The van der Waals surface area contributed by atoms with E-state index in [1.807, 2.05) is 38.1 Å². The van der Waals surface area contributed by atoms with E-state index in [1.54, 1.807) is 32.9 Å². The van der Waals surface area contributed by atoms with E-state index in [1.165, 1.54) is 25.3 Å². The van der Waals surface area contributed by atoms with Crippen molar-refractivity contribution < 1.29 is 29.0 Å². The first kappa shape index (κ1) is 25.9. The Morgan fingerprint density at radius 2 is 1.58 bits per heavy atom. The highest BCUT2D eigenvalue weighted by molar-refractivity contribution is 6.11. The van der Waals surface area contributed by atoms with Crippen LogP contribution in [0.15, 0.2) is 42.5 Å². The van der Waals surface area contributed by atoms with Crippen molar-refractivity contribution in [3.63, 3.8) is 0 Å². The number of rotatable bonds is 9. The van der Waals surface area contributed by atoms with Gasteiger partial charge in [-0.15, -0.1) is 0 Å². The Labute approximate surface area is 195 Å². The van der Waals surface area contributed by atoms with E-state index < -0.39 is 22.8 Å². The van der Waals surface area contributed by atoms with Gasteiger partial charge in [0.15, 0.2) is 5.78 Å². The first-order valence-corrected chi connectivity index (χ1v) is 10.8. The molecule has 0 saturated carbocycles. The Bertz CT molecular complexity index is 1030. The molecular weight excluding hydrogens is 422 g/mol. The number of aromatic hydroxyl groups is 1. The van der Waals surface area contributed by atoms with Crippen LogP contribution in [0.4, 0.5) is 5.69 Å².